The Morgan fingerprint density at radius 1 is 1.43 bits per heavy atom. The van der Waals surface area contributed by atoms with Crippen LogP contribution in [0.3, 0.4) is 0 Å². The van der Waals surface area contributed by atoms with Crippen LogP contribution in [0, 0.1) is 0 Å². The highest BCUT2D eigenvalue weighted by atomic mass is 32.2. The summed E-state index contributed by atoms with van der Waals surface area (Å²) in [6.07, 6.45) is 0.117. The van der Waals surface area contributed by atoms with Crippen LogP contribution in [0.15, 0.2) is 24.3 Å². The van der Waals surface area contributed by atoms with E-state index in [-0.39, 0.29) is 18.2 Å². The van der Waals surface area contributed by atoms with Crippen molar-refractivity contribution in [1.82, 2.24) is 4.90 Å². The number of benzene rings is 1. The van der Waals surface area contributed by atoms with Gasteiger partial charge in [0, 0.05) is 18.7 Å². The summed E-state index contributed by atoms with van der Waals surface area (Å²) in [5, 5.41) is 2.35. The monoisotopic (exact) mass is 324 g/mol. The molecule has 0 aromatic heterocycles. The molecule has 112 valence electrons. The molecular weight excluding hydrogens is 308 g/mol. The summed E-state index contributed by atoms with van der Waals surface area (Å²) >= 11 is 6.40. The molecular formula is C14H16N2O3S2. The van der Waals surface area contributed by atoms with Crippen LogP contribution in [0.2, 0.25) is 0 Å². The Labute approximate surface area is 133 Å². The summed E-state index contributed by atoms with van der Waals surface area (Å²) in [5.41, 5.74) is 0.672. The Bertz CT molecular complexity index is 560. The van der Waals surface area contributed by atoms with Gasteiger partial charge in [0.15, 0.2) is 0 Å². The first-order chi connectivity index (χ1) is 10.0. The lowest BCUT2D eigenvalue weighted by Crippen LogP contribution is -2.32. The molecule has 1 unspecified atom stereocenters. The van der Waals surface area contributed by atoms with Gasteiger partial charge in [0.25, 0.3) is 0 Å². The minimum atomic E-state index is -0.421. The first-order valence-corrected chi connectivity index (χ1v) is 7.79. The quantitative estimate of drug-likeness (QED) is 0.842. The number of nitrogens with one attached hydrogen (secondary N) is 1. The molecule has 0 aliphatic carbocycles. The fraction of sp³-hybridized carbons (Fsp3) is 0.357. The number of amides is 2. The van der Waals surface area contributed by atoms with Crippen LogP contribution < -0.4 is 10.1 Å². The van der Waals surface area contributed by atoms with E-state index in [1.54, 1.807) is 31.4 Å². The zero-order valence-corrected chi connectivity index (χ0v) is 13.4. The molecule has 1 saturated heterocycles. The SMILES string of the molecule is CCN1C(=O)C(CC(=O)Nc2ccc(OC)cc2)SC1=S. The molecule has 2 rings (SSSR count). The minimum Gasteiger partial charge on any atom is -0.497 e. The Morgan fingerprint density at radius 3 is 2.62 bits per heavy atom. The van der Waals surface area contributed by atoms with Gasteiger partial charge in [0.1, 0.15) is 10.1 Å². The molecule has 1 fully saturated rings. The zero-order chi connectivity index (χ0) is 15.4. The molecule has 1 aromatic carbocycles. The summed E-state index contributed by atoms with van der Waals surface area (Å²) in [4.78, 5) is 25.6. The molecule has 0 spiro atoms. The molecule has 1 aromatic rings. The first-order valence-electron chi connectivity index (χ1n) is 6.51. The average Bonchev–Trinajstić information content (AvgIpc) is 2.73. The molecule has 1 heterocycles. The Morgan fingerprint density at radius 2 is 2.10 bits per heavy atom. The lowest BCUT2D eigenvalue weighted by atomic mass is 10.2. The largest absolute Gasteiger partial charge is 0.497 e. The predicted molar refractivity (Wildman–Crippen MR) is 87.6 cm³/mol. The van der Waals surface area contributed by atoms with Gasteiger partial charge in [-0.25, -0.2) is 0 Å². The zero-order valence-electron chi connectivity index (χ0n) is 11.8. The van der Waals surface area contributed by atoms with Gasteiger partial charge in [-0.2, -0.15) is 0 Å². The number of hydrogen-bond acceptors (Lipinski definition) is 5. The third kappa shape index (κ3) is 3.74. The molecule has 1 aliphatic heterocycles. The predicted octanol–water partition coefficient (Wildman–Crippen LogP) is 2.27. The number of methoxy groups -OCH3 is 1. The summed E-state index contributed by atoms with van der Waals surface area (Å²) in [7, 11) is 1.58. The topological polar surface area (TPSA) is 58.6 Å². The van der Waals surface area contributed by atoms with E-state index in [4.69, 9.17) is 17.0 Å². The molecule has 1 aliphatic rings. The standard InChI is InChI=1S/C14H16N2O3S2/c1-3-16-13(18)11(21-14(16)20)8-12(17)15-9-4-6-10(19-2)7-5-9/h4-7,11H,3,8H2,1-2H3,(H,15,17). The Balaban J connectivity index is 1.92. The van der Waals surface area contributed by atoms with E-state index in [9.17, 15) is 9.59 Å². The van der Waals surface area contributed by atoms with Crippen LogP contribution in [0.5, 0.6) is 5.75 Å². The molecule has 7 heteroatoms. The van der Waals surface area contributed by atoms with Crippen molar-refractivity contribution >= 4 is 45.8 Å². The van der Waals surface area contributed by atoms with Crippen molar-refractivity contribution in [3.05, 3.63) is 24.3 Å². The summed E-state index contributed by atoms with van der Waals surface area (Å²) in [6, 6.07) is 7.03. The third-order valence-electron chi connectivity index (χ3n) is 3.07. The Kier molecular flexibility index (Phi) is 5.19. The van der Waals surface area contributed by atoms with Gasteiger partial charge in [0.2, 0.25) is 11.8 Å². The molecule has 2 amide bonds. The second-order valence-corrected chi connectivity index (χ2v) is 6.27. The molecule has 0 radical (unpaired) electrons. The highest BCUT2D eigenvalue weighted by Crippen LogP contribution is 2.29. The third-order valence-corrected chi connectivity index (χ3v) is 4.65. The lowest BCUT2D eigenvalue weighted by molar-refractivity contribution is -0.128. The molecule has 1 N–H and O–H groups in total. The van der Waals surface area contributed by atoms with Crippen molar-refractivity contribution in [2.45, 2.75) is 18.6 Å². The van der Waals surface area contributed by atoms with E-state index in [2.05, 4.69) is 5.32 Å². The molecule has 21 heavy (non-hydrogen) atoms. The number of nitrogens with zero attached hydrogens (tertiary/aromatic N) is 1. The fourth-order valence-electron chi connectivity index (χ4n) is 1.97. The lowest BCUT2D eigenvalue weighted by Gasteiger charge is -2.12. The van der Waals surface area contributed by atoms with Crippen LogP contribution in [0.1, 0.15) is 13.3 Å². The van der Waals surface area contributed by atoms with Crippen LogP contribution in [-0.2, 0) is 9.59 Å². The van der Waals surface area contributed by atoms with E-state index in [1.807, 2.05) is 6.92 Å². The van der Waals surface area contributed by atoms with Crippen LogP contribution in [0.25, 0.3) is 0 Å². The number of carbonyl (C=O) groups excluding carboxylic acids is 2. The van der Waals surface area contributed by atoms with E-state index >= 15 is 0 Å². The van der Waals surface area contributed by atoms with Gasteiger partial charge in [-0.15, -0.1) is 0 Å². The van der Waals surface area contributed by atoms with Gasteiger partial charge >= 0.3 is 0 Å². The van der Waals surface area contributed by atoms with Gasteiger partial charge in [-0.3, -0.25) is 14.5 Å². The van der Waals surface area contributed by atoms with Gasteiger partial charge in [0.05, 0.1) is 12.4 Å². The molecule has 0 saturated carbocycles. The molecule has 0 bridgehead atoms. The first kappa shape index (κ1) is 15.8. The maximum Gasteiger partial charge on any atom is 0.242 e. The van der Waals surface area contributed by atoms with Gasteiger partial charge < -0.3 is 10.1 Å². The van der Waals surface area contributed by atoms with Crippen molar-refractivity contribution < 1.29 is 14.3 Å². The van der Waals surface area contributed by atoms with Crippen LogP contribution >= 0.6 is 24.0 Å². The number of rotatable bonds is 5. The number of thioether (sulfide) groups is 1. The maximum absolute atomic E-state index is 12.0. The van der Waals surface area contributed by atoms with E-state index in [1.165, 1.54) is 16.7 Å². The summed E-state index contributed by atoms with van der Waals surface area (Å²) < 4.78 is 5.60. The normalized spacial score (nSPS) is 18.0. The second-order valence-electron chi connectivity index (χ2n) is 4.44. The highest BCUT2D eigenvalue weighted by Gasteiger charge is 2.37. The van der Waals surface area contributed by atoms with Gasteiger partial charge in [-0.1, -0.05) is 24.0 Å². The summed E-state index contributed by atoms with van der Waals surface area (Å²) in [5.74, 6) is 0.433. The maximum atomic E-state index is 12.0. The van der Waals surface area contributed by atoms with Crippen LogP contribution in [-0.4, -0.2) is 39.9 Å². The number of hydrogen-bond donors (Lipinski definition) is 1. The molecule has 5 nitrogen and oxygen atoms in total. The number of thiocarbonyl (C=S) groups is 1. The smallest absolute Gasteiger partial charge is 0.242 e. The van der Waals surface area contributed by atoms with Crippen molar-refractivity contribution in [1.29, 1.82) is 0 Å². The van der Waals surface area contributed by atoms with Crippen molar-refractivity contribution in [3.63, 3.8) is 0 Å². The fourth-order valence-corrected chi connectivity index (χ4v) is 3.59. The number of anilines is 1. The van der Waals surface area contributed by atoms with E-state index in [0.717, 1.165) is 5.75 Å². The molecule has 1 atom stereocenters. The number of ether oxygens (including phenoxy) is 1. The van der Waals surface area contributed by atoms with E-state index < -0.39 is 5.25 Å². The number of carbonyl (C=O) groups is 2. The van der Waals surface area contributed by atoms with Crippen molar-refractivity contribution in [2.75, 3.05) is 19.0 Å². The summed E-state index contributed by atoms with van der Waals surface area (Å²) in [6.45, 7) is 2.41. The minimum absolute atomic E-state index is 0.0858. The van der Waals surface area contributed by atoms with Crippen LogP contribution in [0.4, 0.5) is 5.69 Å². The average molecular weight is 324 g/mol. The second kappa shape index (κ2) is 6.91. The van der Waals surface area contributed by atoms with Crippen molar-refractivity contribution in [2.24, 2.45) is 0 Å². The Hall–Kier alpha value is -1.60. The van der Waals surface area contributed by atoms with E-state index in [0.29, 0.717) is 16.6 Å². The highest BCUT2D eigenvalue weighted by molar-refractivity contribution is 8.24. The van der Waals surface area contributed by atoms with Gasteiger partial charge in [-0.05, 0) is 31.2 Å². The van der Waals surface area contributed by atoms with Crippen molar-refractivity contribution in [3.8, 4) is 5.75 Å².